The van der Waals surface area contributed by atoms with Crippen molar-refractivity contribution in [1.82, 2.24) is 15.5 Å². The number of nitrogens with one attached hydrogen (secondary N) is 2. The Hall–Kier alpha value is -2.15. The van der Waals surface area contributed by atoms with Crippen LogP contribution in [-0.4, -0.2) is 16.3 Å². The van der Waals surface area contributed by atoms with Crippen molar-refractivity contribution in [3.05, 3.63) is 46.6 Å². The monoisotopic (exact) mass is 279 g/mol. The Kier molecular flexibility index (Phi) is 4.30. The number of nitrogens with zero attached hydrogens (tertiary/aromatic N) is 1. The summed E-state index contributed by atoms with van der Waals surface area (Å²) in [6.07, 6.45) is -0.541. The molecule has 0 aliphatic rings. The Morgan fingerprint density at radius 2 is 2.26 bits per heavy atom. The van der Waals surface area contributed by atoms with Crippen molar-refractivity contribution in [1.29, 1.82) is 0 Å². The van der Waals surface area contributed by atoms with Gasteiger partial charge in [-0.3, -0.25) is 0 Å². The van der Waals surface area contributed by atoms with E-state index in [0.717, 1.165) is 5.56 Å². The lowest BCUT2D eigenvalue weighted by molar-refractivity contribution is 0.135. The van der Waals surface area contributed by atoms with Crippen LogP contribution in [0.15, 0.2) is 34.7 Å². The molecule has 7 heteroatoms. The van der Waals surface area contributed by atoms with Crippen LogP contribution in [0.2, 0.25) is 0 Å². The molecule has 0 aliphatic heterocycles. The smallest absolute Gasteiger partial charge is 0.408 e. The van der Waals surface area contributed by atoms with Gasteiger partial charge in [0.15, 0.2) is 0 Å². The summed E-state index contributed by atoms with van der Waals surface area (Å²) in [6.45, 7) is 1.93. The largest absolute Gasteiger partial charge is 0.445 e. The van der Waals surface area contributed by atoms with E-state index in [1.807, 2.05) is 30.3 Å². The van der Waals surface area contributed by atoms with E-state index >= 15 is 0 Å². The normalized spacial score (nSPS) is 11.8. The first-order valence-electron chi connectivity index (χ1n) is 5.68. The third-order valence-corrected chi connectivity index (χ3v) is 2.55. The first kappa shape index (κ1) is 13.3. The molecular weight excluding hydrogens is 266 g/mol. The molecule has 100 valence electrons. The van der Waals surface area contributed by atoms with E-state index < -0.39 is 12.1 Å². The highest BCUT2D eigenvalue weighted by Gasteiger charge is 2.14. The number of benzene rings is 1. The average Bonchev–Trinajstić information content (AvgIpc) is 2.84. The number of amides is 1. The minimum Gasteiger partial charge on any atom is -0.445 e. The van der Waals surface area contributed by atoms with Crippen molar-refractivity contribution in [2.45, 2.75) is 19.6 Å². The van der Waals surface area contributed by atoms with E-state index in [4.69, 9.17) is 21.4 Å². The van der Waals surface area contributed by atoms with Gasteiger partial charge in [0.05, 0.1) is 0 Å². The van der Waals surface area contributed by atoms with Crippen LogP contribution in [0.5, 0.6) is 0 Å². The van der Waals surface area contributed by atoms with E-state index in [0.29, 0.717) is 5.89 Å². The van der Waals surface area contributed by atoms with Crippen molar-refractivity contribution >= 4 is 18.3 Å². The van der Waals surface area contributed by atoms with Gasteiger partial charge in [-0.15, -0.1) is 5.10 Å². The molecule has 1 aromatic heterocycles. The van der Waals surface area contributed by atoms with E-state index in [1.54, 1.807) is 6.92 Å². The van der Waals surface area contributed by atoms with Gasteiger partial charge in [0.1, 0.15) is 12.6 Å². The molecule has 0 fully saturated rings. The molecule has 6 nitrogen and oxygen atoms in total. The number of aromatic amines is 1. The molecule has 0 radical (unpaired) electrons. The van der Waals surface area contributed by atoms with Crippen molar-refractivity contribution in [2.75, 3.05) is 0 Å². The van der Waals surface area contributed by atoms with E-state index in [-0.39, 0.29) is 11.4 Å². The molecule has 0 aliphatic carbocycles. The third kappa shape index (κ3) is 3.92. The van der Waals surface area contributed by atoms with Crippen LogP contribution in [-0.2, 0) is 11.3 Å². The Morgan fingerprint density at radius 3 is 2.89 bits per heavy atom. The maximum atomic E-state index is 11.6. The van der Waals surface area contributed by atoms with E-state index in [1.165, 1.54) is 0 Å². The molecule has 0 saturated heterocycles. The molecule has 1 atom stereocenters. The number of hydrogen-bond acceptors (Lipinski definition) is 5. The van der Waals surface area contributed by atoms with Crippen LogP contribution in [0.25, 0.3) is 0 Å². The molecule has 1 heterocycles. The number of aromatic nitrogens is 2. The standard InChI is InChI=1S/C12H13N3O3S/c1-8(10-14-15-12(19)18-10)13-11(16)17-7-9-5-3-2-4-6-9/h2-6,8H,7H2,1H3,(H,13,16)(H,15,19)/t8-/m0/s1. The highest BCUT2D eigenvalue weighted by atomic mass is 32.1. The zero-order chi connectivity index (χ0) is 13.7. The van der Waals surface area contributed by atoms with Gasteiger partial charge < -0.3 is 14.5 Å². The summed E-state index contributed by atoms with van der Waals surface area (Å²) in [5.74, 6) is 0.307. The number of alkyl carbamates (subject to hydrolysis) is 1. The molecule has 2 N–H and O–H groups in total. The summed E-state index contributed by atoms with van der Waals surface area (Å²) in [5.41, 5.74) is 0.919. The van der Waals surface area contributed by atoms with E-state index in [9.17, 15) is 4.79 Å². The molecule has 0 unspecified atom stereocenters. The van der Waals surface area contributed by atoms with Crippen molar-refractivity contribution < 1.29 is 13.9 Å². The number of carbonyl (C=O) groups is 1. The first-order chi connectivity index (χ1) is 9.15. The highest BCUT2D eigenvalue weighted by molar-refractivity contribution is 7.71. The molecule has 19 heavy (non-hydrogen) atoms. The Bertz CT molecular complexity index is 594. The van der Waals surface area contributed by atoms with Crippen molar-refractivity contribution in [3.8, 4) is 0 Å². The lowest BCUT2D eigenvalue weighted by Crippen LogP contribution is -2.27. The minimum absolute atomic E-state index is 0.168. The van der Waals surface area contributed by atoms with Gasteiger partial charge in [-0.1, -0.05) is 30.3 Å². The second kappa shape index (κ2) is 6.14. The quantitative estimate of drug-likeness (QED) is 0.841. The fraction of sp³-hybridized carbons (Fsp3) is 0.250. The molecule has 2 aromatic rings. The van der Waals surface area contributed by atoms with Gasteiger partial charge in [0.25, 0.3) is 4.84 Å². The molecule has 0 bridgehead atoms. The summed E-state index contributed by atoms with van der Waals surface area (Å²) >= 11 is 4.75. The molecule has 1 aromatic carbocycles. The molecule has 1 amide bonds. The third-order valence-electron chi connectivity index (χ3n) is 2.37. The van der Waals surface area contributed by atoms with Gasteiger partial charge in [0.2, 0.25) is 5.89 Å². The molecular formula is C12H13N3O3S. The number of rotatable bonds is 4. The highest BCUT2D eigenvalue weighted by Crippen LogP contribution is 2.09. The fourth-order valence-electron chi connectivity index (χ4n) is 1.43. The Labute approximate surface area is 114 Å². The number of ether oxygens (including phenoxy) is 1. The lowest BCUT2D eigenvalue weighted by Gasteiger charge is -2.10. The molecule has 2 rings (SSSR count). The summed E-state index contributed by atoms with van der Waals surface area (Å²) in [7, 11) is 0. The van der Waals surface area contributed by atoms with Gasteiger partial charge in [-0.05, 0) is 24.7 Å². The summed E-state index contributed by atoms with van der Waals surface area (Å²) < 4.78 is 10.2. The van der Waals surface area contributed by atoms with Gasteiger partial charge >= 0.3 is 6.09 Å². The summed E-state index contributed by atoms with van der Waals surface area (Å²) in [5, 5.41) is 8.90. The number of carbonyl (C=O) groups excluding carboxylic acids is 1. The minimum atomic E-state index is -0.541. The average molecular weight is 279 g/mol. The van der Waals surface area contributed by atoms with Gasteiger partial charge in [-0.25, -0.2) is 9.89 Å². The van der Waals surface area contributed by atoms with Gasteiger partial charge in [0, 0.05) is 0 Å². The molecule has 0 spiro atoms. The van der Waals surface area contributed by atoms with Crippen LogP contribution >= 0.6 is 12.2 Å². The maximum absolute atomic E-state index is 11.6. The van der Waals surface area contributed by atoms with Crippen molar-refractivity contribution in [2.24, 2.45) is 0 Å². The van der Waals surface area contributed by atoms with Gasteiger partial charge in [-0.2, -0.15) is 0 Å². The number of H-pyrrole nitrogens is 1. The zero-order valence-electron chi connectivity index (χ0n) is 10.3. The number of hydrogen-bond donors (Lipinski definition) is 2. The topological polar surface area (TPSA) is 80.1 Å². The van der Waals surface area contributed by atoms with Crippen molar-refractivity contribution in [3.63, 3.8) is 0 Å². The second-order valence-corrected chi connectivity index (χ2v) is 4.25. The van der Waals surface area contributed by atoms with Crippen LogP contribution in [0.1, 0.15) is 24.4 Å². The summed E-state index contributed by atoms with van der Waals surface area (Å²) in [6, 6.07) is 9.00. The lowest BCUT2D eigenvalue weighted by atomic mass is 10.2. The molecule has 0 saturated carbocycles. The Balaban J connectivity index is 1.83. The predicted molar refractivity (Wildman–Crippen MR) is 69.9 cm³/mol. The second-order valence-electron chi connectivity index (χ2n) is 3.88. The maximum Gasteiger partial charge on any atom is 0.408 e. The van der Waals surface area contributed by atoms with Crippen LogP contribution in [0.4, 0.5) is 4.79 Å². The summed E-state index contributed by atoms with van der Waals surface area (Å²) in [4.78, 5) is 11.7. The fourth-order valence-corrected chi connectivity index (χ4v) is 1.56. The Morgan fingerprint density at radius 1 is 1.53 bits per heavy atom. The predicted octanol–water partition coefficient (Wildman–Crippen LogP) is 2.72. The SMILES string of the molecule is C[C@H](NC(=O)OCc1ccccc1)c1n[nH]c(=S)o1. The zero-order valence-corrected chi connectivity index (χ0v) is 11.1. The van der Waals surface area contributed by atoms with Crippen LogP contribution < -0.4 is 5.32 Å². The van der Waals surface area contributed by atoms with E-state index in [2.05, 4.69) is 15.5 Å². The van der Waals surface area contributed by atoms with Crippen LogP contribution in [0, 0.1) is 4.84 Å². The van der Waals surface area contributed by atoms with Crippen LogP contribution in [0.3, 0.4) is 0 Å². The first-order valence-corrected chi connectivity index (χ1v) is 6.08.